The van der Waals surface area contributed by atoms with Crippen LogP contribution >= 0.6 is 0 Å². The predicted octanol–water partition coefficient (Wildman–Crippen LogP) is 9.43. The van der Waals surface area contributed by atoms with E-state index in [4.69, 9.17) is 4.98 Å². The van der Waals surface area contributed by atoms with Crippen LogP contribution in [-0.2, 0) is 0 Å². The number of aromatic nitrogens is 3. The number of hydrogen-bond acceptors (Lipinski definition) is 2. The summed E-state index contributed by atoms with van der Waals surface area (Å²) in [5, 5.41) is 14.3. The lowest BCUT2D eigenvalue weighted by atomic mass is 10.0. The standard InChI is InChI=1S/C38H26N4/c1-24-11-17-30-28-7-3-5-9-33(28)41(35(30)19-24)37-23-40-38(21-32(37)27-15-13-26(22-39)14-16-27)42-34-10-6-4-8-29(34)31-18-12-25(2)20-36(31)42/h3-21,23H,1-2H3. The number of rotatable bonds is 3. The van der Waals surface area contributed by atoms with Gasteiger partial charge in [0.05, 0.1) is 45.6 Å². The van der Waals surface area contributed by atoms with Crippen molar-refractivity contribution in [1.82, 2.24) is 14.1 Å². The number of pyridine rings is 1. The molecule has 8 rings (SSSR count). The van der Waals surface area contributed by atoms with Gasteiger partial charge in [-0.3, -0.25) is 4.57 Å². The van der Waals surface area contributed by atoms with Crippen LogP contribution in [0.15, 0.2) is 121 Å². The molecular formula is C38H26N4. The molecule has 0 radical (unpaired) electrons. The fourth-order valence-corrected chi connectivity index (χ4v) is 6.36. The van der Waals surface area contributed by atoms with Gasteiger partial charge in [0.25, 0.3) is 0 Å². The molecule has 0 aliphatic heterocycles. The monoisotopic (exact) mass is 538 g/mol. The Balaban J connectivity index is 1.48. The first-order chi connectivity index (χ1) is 20.6. The summed E-state index contributed by atoms with van der Waals surface area (Å²) in [6.07, 6.45) is 2.01. The molecule has 0 spiro atoms. The van der Waals surface area contributed by atoms with E-state index in [2.05, 4.69) is 120 Å². The minimum Gasteiger partial charge on any atom is -0.307 e. The lowest BCUT2D eigenvalue weighted by Gasteiger charge is -2.16. The van der Waals surface area contributed by atoms with Gasteiger partial charge in [-0.25, -0.2) is 4.98 Å². The molecule has 4 nitrogen and oxygen atoms in total. The van der Waals surface area contributed by atoms with Crippen LogP contribution in [0.5, 0.6) is 0 Å². The van der Waals surface area contributed by atoms with Gasteiger partial charge >= 0.3 is 0 Å². The van der Waals surface area contributed by atoms with Crippen molar-refractivity contribution in [3.05, 3.63) is 138 Å². The minimum absolute atomic E-state index is 0.639. The summed E-state index contributed by atoms with van der Waals surface area (Å²) in [4.78, 5) is 5.15. The number of para-hydroxylation sites is 2. The van der Waals surface area contributed by atoms with Crippen molar-refractivity contribution in [2.75, 3.05) is 0 Å². The smallest absolute Gasteiger partial charge is 0.138 e. The van der Waals surface area contributed by atoms with Crippen molar-refractivity contribution >= 4 is 43.6 Å². The zero-order valence-electron chi connectivity index (χ0n) is 23.3. The van der Waals surface area contributed by atoms with Gasteiger partial charge in [0.15, 0.2) is 0 Å². The van der Waals surface area contributed by atoms with Crippen molar-refractivity contribution in [2.24, 2.45) is 0 Å². The number of nitriles is 1. The Morgan fingerprint density at radius 3 is 1.74 bits per heavy atom. The average molecular weight is 539 g/mol. The van der Waals surface area contributed by atoms with Crippen molar-refractivity contribution in [1.29, 1.82) is 5.26 Å². The van der Waals surface area contributed by atoms with E-state index in [1.54, 1.807) is 0 Å². The molecule has 0 saturated heterocycles. The van der Waals surface area contributed by atoms with Crippen LogP contribution in [0.4, 0.5) is 0 Å². The fourth-order valence-electron chi connectivity index (χ4n) is 6.36. The highest BCUT2D eigenvalue weighted by atomic mass is 15.1. The van der Waals surface area contributed by atoms with E-state index in [1.807, 2.05) is 30.5 Å². The van der Waals surface area contributed by atoms with E-state index in [9.17, 15) is 5.26 Å². The molecule has 0 aliphatic carbocycles. The lowest BCUT2D eigenvalue weighted by molar-refractivity contribution is 1.05. The maximum Gasteiger partial charge on any atom is 0.138 e. The molecule has 5 aromatic carbocycles. The van der Waals surface area contributed by atoms with E-state index in [0.717, 1.165) is 44.7 Å². The van der Waals surface area contributed by atoms with E-state index < -0.39 is 0 Å². The third-order valence-electron chi connectivity index (χ3n) is 8.32. The molecule has 0 amide bonds. The molecule has 0 fully saturated rings. The second kappa shape index (κ2) is 9.19. The van der Waals surface area contributed by atoms with E-state index in [-0.39, 0.29) is 0 Å². The Morgan fingerprint density at radius 1 is 0.571 bits per heavy atom. The molecule has 42 heavy (non-hydrogen) atoms. The molecule has 0 aliphatic rings. The SMILES string of the molecule is Cc1ccc2c3ccccc3n(-c3cc(-c4ccc(C#N)cc4)c(-n4c5ccccc5c5ccc(C)cc54)cn3)c2c1. The highest BCUT2D eigenvalue weighted by Crippen LogP contribution is 2.38. The summed E-state index contributed by atoms with van der Waals surface area (Å²) in [7, 11) is 0. The maximum absolute atomic E-state index is 9.49. The first kappa shape index (κ1) is 24.2. The van der Waals surface area contributed by atoms with Crippen LogP contribution in [0.2, 0.25) is 0 Å². The van der Waals surface area contributed by atoms with E-state index in [1.165, 1.54) is 32.7 Å². The van der Waals surface area contributed by atoms with Gasteiger partial charge < -0.3 is 4.57 Å². The van der Waals surface area contributed by atoms with Crippen molar-refractivity contribution < 1.29 is 0 Å². The van der Waals surface area contributed by atoms with Gasteiger partial charge in [0.1, 0.15) is 5.82 Å². The highest BCUT2D eigenvalue weighted by molar-refractivity contribution is 6.11. The van der Waals surface area contributed by atoms with Gasteiger partial charge in [-0.05, 0) is 73.0 Å². The highest BCUT2D eigenvalue weighted by Gasteiger charge is 2.19. The maximum atomic E-state index is 9.49. The fraction of sp³-hybridized carbons (Fsp3) is 0.0526. The van der Waals surface area contributed by atoms with Gasteiger partial charge in [-0.2, -0.15) is 5.26 Å². The zero-order chi connectivity index (χ0) is 28.4. The number of fused-ring (bicyclic) bond motifs is 6. The van der Waals surface area contributed by atoms with Gasteiger partial charge in [0, 0.05) is 27.1 Å². The topological polar surface area (TPSA) is 46.5 Å². The van der Waals surface area contributed by atoms with E-state index in [0.29, 0.717) is 5.56 Å². The second-order valence-electron chi connectivity index (χ2n) is 11.0. The summed E-state index contributed by atoms with van der Waals surface area (Å²) in [6, 6.07) is 42.6. The zero-order valence-corrected chi connectivity index (χ0v) is 23.3. The quantitative estimate of drug-likeness (QED) is 0.225. The van der Waals surface area contributed by atoms with Crippen LogP contribution in [0.25, 0.3) is 66.2 Å². The predicted molar refractivity (Wildman–Crippen MR) is 173 cm³/mol. The lowest BCUT2D eigenvalue weighted by Crippen LogP contribution is -2.03. The van der Waals surface area contributed by atoms with Crippen LogP contribution < -0.4 is 0 Å². The van der Waals surface area contributed by atoms with Crippen LogP contribution in [0.1, 0.15) is 16.7 Å². The van der Waals surface area contributed by atoms with Gasteiger partial charge in [0.2, 0.25) is 0 Å². The second-order valence-corrected chi connectivity index (χ2v) is 11.0. The molecular weight excluding hydrogens is 512 g/mol. The van der Waals surface area contributed by atoms with Gasteiger partial charge in [-0.1, -0.05) is 72.8 Å². The number of aryl methyl sites for hydroxylation is 2. The number of nitrogens with zero attached hydrogens (tertiary/aromatic N) is 4. The Bertz CT molecular complexity index is 2380. The number of hydrogen-bond donors (Lipinski definition) is 0. The Morgan fingerprint density at radius 2 is 1.12 bits per heavy atom. The summed E-state index contributed by atoms with van der Waals surface area (Å²) in [6.45, 7) is 4.26. The summed E-state index contributed by atoms with van der Waals surface area (Å²) in [5.41, 5.74) is 10.7. The first-order valence-electron chi connectivity index (χ1n) is 14.1. The van der Waals surface area contributed by atoms with E-state index >= 15 is 0 Å². The minimum atomic E-state index is 0.639. The molecule has 0 N–H and O–H groups in total. The molecule has 4 heteroatoms. The Kier molecular flexibility index (Phi) is 5.29. The van der Waals surface area contributed by atoms with Gasteiger partial charge in [-0.15, -0.1) is 0 Å². The Labute approximate surface area is 243 Å². The molecule has 3 heterocycles. The largest absolute Gasteiger partial charge is 0.307 e. The third kappa shape index (κ3) is 3.57. The Hall–Kier alpha value is -5.66. The molecule has 198 valence electrons. The number of benzene rings is 5. The molecule has 0 unspecified atom stereocenters. The molecule has 3 aromatic heterocycles. The summed E-state index contributed by atoms with van der Waals surface area (Å²) < 4.78 is 4.60. The molecule has 0 saturated carbocycles. The summed E-state index contributed by atoms with van der Waals surface area (Å²) >= 11 is 0. The molecule has 0 atom stereocenters. The van der Waals surface area contributed by atoms with Crippen LogP contribution in [0.3, 0.4) is 0 Å². The molecule has 0 bridgehead atoms. The van der Waals surface area contributed by atoms with Crippen molar-refractivity contribution in [3.8, 4) is 28.7 Å². The van der Waals surface area contributed by atoms with Crippen molar-refractivity contribution in [2.45, 2.75) is 13.8 Å². The van der Waals surface area contributed by atoms with Crippen molar-refractivity contribution in [3.63, 3.8) is 0 Å². The first-order valence-corrected chi connectivity index (χ1v) is 14.1. The normalized spacial score (nSPS) is 11.5. The summed E-state index contributed by atoms with van der Waals surface area (Å²) in [5.74, 6) is 0.854. The molecule has 8 aromatic rings. The van der Waals surface area contributed by atoms with Crippen LogP contribution in [-0.4, -0.2) is 14.1 Å². The average Bonchev–Trinajstić information content (AvgIpc) is 3.52. The third-order valence-corrected chi connectivity index (χ3v) is 8.32. The van der Waals surface area contributed by atoms with Crippen LogP contribution in [0, 0.1) is 25.2 Å².